The number of hydrogen-bond acceptors (Lipinski definition) is 6. The second-order valence-corrected chi connectivity index (χ2v) is 6.01. The van der Waals surface area contributed by atoms with Crippen LogP contribution in [-0.2, 0) is 0 Å². The number of rotatable bonds is 8. The molecule has 0 saturated carbocycles. The number of aryl methyl sites for hydroxylation is 1. The Hall–Kier alpha value is -0.170. The van der Waals surface area contributed by atoms with Gasteiger partial charge in [0, 0.05) is 18.4 Å². The Labute approximate surface area is 105 Å². The van der Waals surface area contributed by atoms with Gasteiger partial charge in [0.15, 0.2) is 4.34 Å². The zero-order valence-corrected chi connectivity index (χ0v) is 11.4. The van der Waals surface area contributed by atoms with Gasteiger partial charge in [0.2, 0.25) is 0 Å². The Bertz CT molecular complexity index is 293. The number of thioether (sulfide) groups is 1. The van der Waals surface area contributed by atoms with Gasteiger partial charge in [-0.25, -0.2) is 0 Å². The van der Waals surface area contributed by atoms with E-state index in [4.69, 9.17) is 5.11 Å². The maximum atomic E-state index is 8.96. The maximum Gasteiger partial charge on any atom is 0.174 e. The molecule has 0 aliphatic rings. The molecule has 16 heavy (non-hydrogen) atoms. The van der Waals surface area contributed by atoms with Crippen LogP contribution >= 0.6 is 23.1 Å². The molecule has 4 nitrogen and oxygen atoms in total. The molecular weight excluding hydrogens is 242 g/mol. The van der Waals surface area contributed by atoms with Crippen molar-refractivity contribution in [2.24, 2.45) is 0 Å². The van der Waals surface area contributed by atoms with E-state index >= 15 is 0 Å². The standard InChI is InChI=1S/C10H19N3OS2/c1-3-5-11-9(4-6-14)7-15-10-13-12-8(2)16-10/h9,11,14H,3-7H2,1-2H3. The summed E-state index contributed by atoms with van der Waals surface area (Å²) in [6.07, 6.45) is 1.91. The summed E-state index contributed by atoms with van der Waals surface area (Å²) >= 11 is 3.33. The van der Waals surface area contributed by atoms with Crippen LogP contribution in [0.4, 0.5) is 0 Å². The van der Waals surface area contributed by atoms with Crippen LogP contribution in [0, 0.1) is 6.92 Å². The highest BCUT2D eigenvalue weighted by Gasteiger charge is 2.09. The minimum atomic E-state index is 0.233. The number of nitrogens with one attached hydrogen (secondary N) is 1. The van der Waals surface area contributed by atoms with Gasteiger partial charge in [0.1, 0.15) is 5.01 Å². The Morgan fingerprint density at radius 2 is 2.31 bits per heavy atom. The normalized spacial score (nSPS) is 12.9. The first kappa shape index (κ1) is 13.9. The summed E-state index contributed by atoms with van der Waals surface area (Å²) in [5.41, 5.74) is 0. The van der Waals surface area contributed by atoms with Crippen molar-refractivity contribution in [3.05, 3.63) is 5.01 Å². The van der Waals surface area contributed by atoms with E-state index < -0.39 is 0 Å². The molecule has 0 saturated heterocycles. The number of aromatic nitrogens is 2. The first-order chi connectivity index (χ1) is 7.76. The molecule has 2 N–H and O–H groups in total. The van der Waals surface area contributed by atoms with Gasteiger partial charge in [-0.05, 0) is 26.3 Å². The van der Waals surface area contributed by atoms with Crippen molar-refractivity contribution >= 4 is 23.1 Å². The summed E-state index contributed by atoms with van der Waals surface area (Å²) in [5.74, 6) is 0.940. The fraction of sp³-hybridized carbons (Fsp3) is 0.800. The first-order valence-corrected chi connectivity index (χ1v) is 7.33. The van der Waals surface area contributed by atoms with Crippen molar-refractivity contribution in [1.82, 2.24) is 15.5 Å². The van der Waals surface area contributed by atoms with Crippen LogP contribution in [0.5, 0.6) is 0 Å². The first-order valence-electron chi connectivity index (χ1n) is 5.53. The van der Waals surface area contributed by atoms with E-state index in [-0.39, 0.29) is 6.61 Å². The van der Waals surface area contributed by atoms with Crippen LogP contribution in [0.1, 0.15) is 24.8 Å². The molecule has 1 aromatic rings. The van der Waals surface area contributed by atoms with Gasteiger partial charge < -0.3 is 10.4 Å². The molecule has 1 unspecified atom stereocenters. The highest BCUT2D eigenvalue weighted by molar-refractivity contribution is 8.01. The zero-order chi connectivity index (χ0) is 11.8. The lowest BCUT2D eigenvalue weighted by atomic mass is 10.2. The van der Waals surface area contributed by atoms with E-state index in [1.807, 2.05) is 6.92 Å². The molecule has 0 radical (unpaired) electrons. The molecule has 1 heterocycles. The van der Waals surface area contributed by atoms with Crippen LogP contribution in [0.15, 0.2) is 4.34 Å². The molecule has 0 aromatic carbocycles. The summed E-state index contributed by atoms with van der Waals surface area (Å²) in [4.78, 5) is 0. The van der Waals surface area contributed by atoms with Crippen LogP contribution in [0.25, 0.3) is 0 Å². The molecule has 0 aliphatic heterocycles. The topological polar surface area (TPSA) is 58.0 Å². The average molecular weight is 261 g/mol. The third-order valence-corrected chi connectivity index (χ3v) is 4.21. The van der Waals surface area contributed by atoms with Crippen LogP contribution in [0.3, 0.4) is 0 Å². The predicted molar refractivity (Wildman–Crippen MR) is 69.2 cm³/mol. The molecule has 6 heteroatoms. The molecule has 0 amide bonds. The number of aliphatic hydroxyl groups is 1. The van der Waals surface area contributed by atoms with E-state index in [1.54, 1.807) is 23.1 Å². The smallest absolute Gasteiger partial charge is 0.174 e. The van der Waals surface area contributed by atoms with E-state index in [9.17, 15) is 0 Å². The van der Waals surface area contributed by atoms with Gasteiger partial charge in [-0.1, -0.05) is 30.0 Å². The van der Waals surface area contributed by atoms with Crippen molar-refractivity contribution < 1.29 is 5.11 Å². The third kappa shape index (κ3) is 5.25. The Morgan fingerprint density at radius 1 is 1.50 bits per heavy atom. The predicted octanol–water partition coefficient (Wildman–Crippen LogP) is 1.69. The third-order valence-electron chi connectivity index (χ3n) is 2.08. The number of aliphatic hydroxyl groups excluding tert-OH is 1. The number of nitrogens with zero attached hydrogens (tertiary/aromatic N) is 2. The summed E-state index contributed by atoms with van der Waals surface area (Å²) in [5, 5.41) is 21.4. The summed E-state index contributed by atoms with van der Waals surface area (Å²) in [7, 11) is 0. The Balaban J connectivity index is 2.30. The van der Waals surface area contributed by atoms with E-state index in [0.29, 0.717) is 6.04 Å². The molecule has 0 bridgehead atoms. The second-order valence-electron chi connectivity index (χ2n) is 3.56. The molecular formula is C10H19N3OS2. The van der Waals surface area contributed by atoms with Crippen molar-refractivity contribution in [2.45, 2.75) is 37.1 Å². The lowest BCUT2D eigenvalue weighted by molar-refractivity contribution is 0.270. The molecule has 0 spiro atoms. The van der Waals surface area contributed by atoms with E-state index in [0.717, 1.165) is 34.5 Å². The molecule has 0 fully saturated rings. The summed E-state index contributed by atoms with van der Waals surface area (Å²) in [6, 6.07) is 0.360. The minimum absolute atomic E-state index is 0.233. The van der Waals surface area contributed by atoms with Crippen molar-refractivity contribution in [3.63, 3.8) is 0 Å². The van der Waals surface area contributed by atoms with E-state index in [1.165, 1.54) is 0 Å². The van der Waals surface area contributed by atoms with Crippen molar-refractivity contribution in [2.75, 3.05) is 18.9 Å². The number of hydrogen-bond donors (Lipinski definition) is 2. The Morgan fingerprint density at radius 3 is 2.88 bits per heavy atom. The highest BCUT2D eigenvalue weighted by Crippen LogP contribution is 2.22. The highest BCUT2D eigenvalue weighted by atomic mass is 32.2. The zero-order valence-electron chi connectivity index (χ0n) is 9.77. The van der Waals surface area contributed by atoms with Crippen LogP contribution in [0.2, 0.25) is 0 Å². The quantitative estimate of drug-likeness (QED) is 0.697. The fourth-order valence-electron chi connectivity index (χ4n) is 1.26. The van der Waals surface area contributed by atoms with Crippen LogP contribution < -0.4 is 5.32 Å². The largest absolute Gasteiger partial charge is 0.396 e. The van der Waals surface area contributed by atoms with Gasteiger partial charge >= 0.3 is 0 Å². The van der Waals surface area contributed by atoms with Gasteiger partial charge in [-0.15, -0.1) is 10.2 Å². The van der Waals surface area contributed by atoms with E-state index in [2.05, 4.69) is 22.4 Å². The lowest BCUT2D eigenvalue weighted by Crippen LogP contribution is -2.32. The van der Waals surface area contributed by atoms with Crippen molar-refractivity contribution in [3.8, 4) is 0 Å². The Kier molecular flexibility index (Phi) is 6.95. The minimum Gasteiger partial charge on any atom is -0.396 e. The monoisotopic (exact) mass is 261 g/mol. The second kappa shape index (κ2) is 8.00. The fourth-order valence-corrected chi connectivity index (χ4v) is 3.20. The molecule has 1 atom stereocenters. The summed E-state index contributed by atoms with van der Waals surface area (Å²) < 4.78 is 1.01. The molecule has 92 valence electrons. The van der Waals surface area contributed by atoms with Gasteiger partial charge in [0.05, 0.1) is 0 Å². The van der Waals surface area contributed by atoms with Crippen molar-refractivity contribution in [1.29, 1.82) is 0 Å². The molecule has 0 aliphatic carbocycles. The average Bonchev–Trinajstić information content (AvgIpc) is 2.68. The lowest BCUT2D eigenvalue weighted by Gasteiger charge is -2.15. The SMILES string of the molecule is CCCNC(CCO)CSc1nnc(C)s1. The summed E-state index contributed by atoms with van der Waals surface area (Å²) in [6.45, 7) is 5.34. The van der Waals surface area contributed by atoms with Gasteiger partial charge in [-0.2, -0.15) is 0 Å². The van der Waals surface area contributed by atoms with Crippen LogP contribution in [-0.4, -0.2) is 40.3 Å². The molecule has 1 aromatic heterocycles. The van der Waals surface area contributed by atoms with Gasteiger partial charge in [-0.3, -0.25) is 0 Å². The van der Waals surface area contributed by atoms with Gasteiger partial charge in [0.25, 0.3) is 0 Å². The molecule has 1 rings (SSSR count). The maximum absolute atomic E-state index is 8.96.